The van der Waals surface area contributed by atoms with E-state index in [-0.39, 0.29) is 0 Å². The molecule has 0 aromatic carbocycles. The molecule has 1 aliphatic rings. The summed E-state index contributed by atoms with van der Waals surface area (Å²) in [6.07, 6.45) is 4.46. The van der Waals surface area contributed by atoms with Crippen LogP contribution in [0.25, 0.3) is 0 Å². The molecule has 0 saturated heterocycles. The minimum Gasteiger partial charge on any atom is -0.384 e. The predicted octanol–water partition coefficient (Wildman–Crippen LogP) is 1.52. The molecule has 0 atom stereocenters. The summed E-state index contributed by atoms with van der Waals surface area (Å²) < 4.78 is 5.61. The van der Waals surface area contributed by atoms with Crippen molar-refractivity contribution in [3.05, 3.63) is 23.9 Å². The zero-order chi connectivity index (χ0) is 12.1. The van der Waals surface area contributed by atoms with Crippen LogP contribution in [-0.2, 0) is 11.3 Å². The highest BCUT2D eigenvalue weighted by atomic mass is 16.5. The van der Waals surface area contributed by atoms with Gasteiger partial charge in [0.05, 0.1) is 6.61 Å². The number of hydrogen-bond acceptors (Lipinski definition) is 4. The fourth-order valence-corrected chi connectivity index (χ4v) is 1.74. The van der Waals surface area contributed by atoms with Crippen LogP contribution in [0.15, 0.2) is 18.3 Å². The maximum atomic E-state index is 5.64. The Morgan fingerprint density at radius 3 is 3.06 bits per heavy atom. The molecule has 0 aliphatic heterocycles. The lowest BCUT2D eigenvalue weighted by molar-refractivity contribution is 0.102. The van der Waals surface area contributed by atoms with Gasteiger partial charge in [-0.15, -0.1) is 0 Å². The van der Waals surface area contributed by atoms with Gasteiger partial charge in [-0.1, -0.05) is 0 Å². The number of rotatable bonds is 7. The van der Waals surface area contributed by atoms with Crippen molar-refractivity contribution in [2.75, 3.05) is 32.5 Å². The van der Waals surface area contributed by atoms with Crippen molar-refractivity contribution < 1.29 is 4.74 Å². The lowest BCUT2D eigenvalue weighted by Gasteiger charge is -2.16. The van der Waals surface area contributed by atoms with Crippen molar-refractivity contribution in [3.63, 3.8) is 0 Å². The van der Waals surface area contributed by atoms with Crippen molar-refractivity contribution in [1.82, 2.24) is 9.88 Å². The van der Waals surface area contributed by atoms with E-state index in [9.17, 15) is 0 Å². The monoisotopic (exact) mass is 235 g/mol. The zero-order valence-electron chi connectivity index (χ0n) is 10.4. The van der Waals surface area contributed by atoms with Gasteiger partial charge in [0.2, 0.25) is 0 Å². The first kappa shape index (κ1) is 12.3. The van der Waals surface area contributed by atoms with Gasteiger partial charge in [-0.25, -0.2) is 4.98 Å². The molecule has 4 nitrogen and oxygen atoms in total. The van der Waals surface area contributed by atoms with Crippen molar-refractivity contribution in [2.24, 2.45) is 5.92 Å². The van der Waals surface area contributed by atoms with E-state index >= 15 is 0 Å². The number of pyridine rings is 1. The van der Waals surface area contributed by atoms with Gasteiger partial charge in [0.15, 0.2) is 0 Å². The molecule has 1 aromatic heterocycles. The van der Waals surface area contributed by atoms with Gasteiger partial charge in [0.1, 0.15) is 5.82 Å². The number of anilines is 1. The highest BCUT2D eigenvalue weighted by molar-refractivity contribution is 5.31. The van der Waals surface area contributed by atoms with E-state index in [4.69, 9.17) is 10.5 Å². The molecule has 17 heavy (non-hydrogen) atoms. The van der Waals surface area contributed by atoms with Gasteiger partial charge in [-0.2, -0.15) is 0 Å². The smallest absolute Gasteiger partial charge is 0.123 e. The Balaban J connectivity index is 1.63. The summed E-state index contributed by atoms with van der Waals surface area (Å²) in [4.78, 5) is 6.22. The van der Waals surface area contributed by atoms with E-state index in [0.717, 1.165) is 32.2 Å². The van der Waals surface area contributed by atoms with E-state index < -0.39 is 0 Å². The van der Waals surface area contributed by atoms with E-state index in [2.05, 4.69) is 16.9 Å². The molecule has 2 N–H and O–H groups in total. The van der Waals surface area contributed by atoms with Crippen LogP contribution < -0.4 is 5.73 Å². The molecule has 1 saturated carbocycles. The number of hydrogen-bond donors (Lipinski definition) is 1. The lowest BCUT2D eigenvalue weighted by Crippen LogP contribution is -2.23. The van der Waals surface area contributed by atoms with Crippen LogP contribution in [-0.4, -0.2) is 36.7 Å². The molecule has 1 heterocycles. The average Bonchev–Trinajstić information content (AvgIpc) is 3.08. The lowest BCUT2D eigenvalue weighted by atomic mass is 10.2. The Bertz CT molecular complexity index is 352. The number of likely N-dealkylation sites (N-methyl/N-ethyl adjacent to an activating group) is 1. The maximum Gasteiger partial charge on any atom is 0.123 e. The van der Waals surface area contributed by atoms with Crippen LogP contribution in [0.3, 0.4) is 0 Å². The third kappa shape index (κ3) is 4.71. The topological polar surface area (TPSA) is 51.4 Å². The normalized spacial score (nSPS) is 15.4. The Hall–Kier alpha value is -1.13. The standard InChI is InChI=1S/C13H21N3O/c1-16(6-7-17-10-11-2-3-11)9-12-4-5-15-13(14)8-12/h4-5,8,11H,2-3,6-7,9-10H2,1H3,(H2,14,15). The van der Waals surface area contributed by atoms with Gasteiger partial charge in [-0.3, -0.25) is 4.90 Å². The molecule has 1 fully saturated rings. The summed E-state index contributed by atoms with van der Waals surface area (Å²) >= 11 is 0. The summed E-state index contributed by atoms with van der Waals surface area (Å²) in [5.41, 5.74) is 6.84. The van der Waals surface area contributed by atoms with Crippen molar-refractivity contribution in [1.29, 1.82) is 0 Å². The first-order chi connectivity index (χ1) is 8.24. The van der Waals surface area contributed by atoms with E-state index in [1.165, 1.54) is 18.4 Å². The third-order valence-corrected chi connectivity index (χ3v) is 2.97. The van der Waals surface area contributed by atoms with Gasteiger partial charge in [0.25, 0.3) is 0 Å². The largest absolute Gasteiger partial charge is 0.384 e. The number of aromatic nitrogens is 1. The molecule has 2 rings (SSSR count). The minimum atomic E-state index is 0.584. The molecular formula is C13H21N3O. The molecule has 0 bridgehead atoms. The van der Waals surface area contributed by atoms with Crippen molar-refractivity contribution in [3.8, 4) is 0 Å². The number of nitrogens with zero attached hydrogens (tertiary/aromatic N) is 2. The summed E-state index contributed by atoms with van der Waals surface area (Å²) in [7, 11) is 2.09. The van der Waals surface area contributed by atoms with Gasteiger partial charge in [-0.05, 0) is 43.5 Å². The SMILES string of the molecule is CN(CCOCC1CC1)Cc1ccnc(N)c1. The van der Waals surface area contributed by atoms with Crippen molar-refractivity contribution >= 4 is 5.82 Å². The number of nitrogen functional groups attached to an aromatic ring is 1. The molecule has 0 amide bonds. The fraction of sp³-hybridized carbons (Fsp3) is 0.615. The van der Waals surface area contributed by atoms with Crippen LogP contribution in [0.5, 0.6) is 0 Å². The highest BCUT2D eigenvalue weighted by Crippen LogP contribution is 2.28. The van der Waals surface area contributed by atoms with Gasteiger partial charge in [0, 0.05) is 25.9 Å². The Labute approximate surface area is 103 Å². The summed E-state index contributed by atoms with van der Waals surface area (Å²) in [5.74, 6) is 1.43. The van der Waals surface area contributed by atoms with E-state index in [1.54, 1.807) is 6.20 Å². The molecule has 0 radical (unpaired) electrons. The minimum absolute atomic E-state index is 0.584. The van der Waals surface area contributed by atoms with Crippen LogP contribution in [0.2, 0.25) is 0 Å². The second kappa shape index (κ2) is 5.98. The molecule has 1 aromatic rings. The van der Waals surface area contributed by atoms with Crippen LogP contribution in [0.1, 0.15) is 18.4 Å². The van der Waals surface area contributed by atoms with E-state index in [0.29, 0.717) is 5.82 Å². The van der Waals surface area contributed by atoms with Crippen molar-refractivity contribution in [2.45, 2.75) is 19.4 Å². The number of ether oxygens (including phenoxy) is 1. The third-order valence-electron chi connectivity index (χ3n) is 2.97. The fourth-order valence-electron chi connectivity index (χ4n) is 1.74. The molecule has 0 unspecified atom stereocenters. The average molecular weight is 235 g/mol. The Kier molecular flexibility index (Phi) is 4.34. The molecule has 1 aliphatic carbocycles. The van der Waals surface area contributed by atoms with Gasteiger partial charge >= 0.3 is 0 Å². The molecule has 4 heteroatoms. The van der Waals surface area contributed by atoms with Crippen LogP contribution in [0, 0.1) is 5.92 Å². The first-order valence-electron chi connectivity index (χ1n) is 6.21. The Morgan fingerprint density at radius 2 is 2.35 bits per heavy atom. The quantitative estimate of drug-likeness (QED) is 0.728. The highest BCUT2D eigenvalue weighted by Gasteiger charge is 2.20. The molecule has 94 valence electrons. The van der Waals surface area contributed by atoms with E-state index in [1.807, 2.05) is 12.1 Å². The zero-order valence-corrected chi connectivity index (χ0v) is 10.4. The second-order valence-corrected chi connectivity index (χ2v) is 4.85. The first-order valence-corrected chi connectivity index (χ1v) is 6.21. The molecule has 0 spiro atoms. The number of nitrogens with two attached hydrogens (primary N) is 1. The summed E-state index contributed by atoms with van der Waals surface area (Å²) in [5, 5.41) is 0. The van der Waals surface area contributed by atoms with Crippen LogP contribution >= 0.6 is 0 Å². The summed E-state index contributed by atoms with van der Waals surface area (Å²) in [6.45, 7) is 3.60. The Morgan fingerprint density at radius 1 is 1.53 bits per heavy atom. The second-order valence-electron chi connectivity index (χ2n) is 4.85. The maximum absolute atomic E-state index is 5.64. The van der Waals surface area contributed by atoms with Gasteiger partial charge < -0.3 is 10.5 Å². The summed E-state index contributed by atoms with van der Waals surface area (Å²) in [6, 6.07) is 3.92. The predicted molar refractivity (Wildman–Crippen MR) is 68.5 cm³/mol. The van der Waals surface area contributed by atoms with Crippen LogP contribution in [0.4, 0.5) is 5.82 Å². The molecular weight excluding hydrogens is 214 g/mol.